The summed E-state index contributed by atoms with van der Waals surface area (Å²) in [5.74, 6) is 1.73. The third kappa shape index (κ3) is 8.90. The summed E-state index contributed by atoms with van der Waals surface area (Å²) in [6.45, 7) is 11.7. The van der Waals surface area contributed by atoms with E-state index >= 15 is 0 Å². The van der Waals surface area contributed by atoms with Crippen LogP contribution in [0.2, 0.25) is 0 Å². The molecule has 1 saturated heterocycles. The summed E-state index contributed by atoms with van der Waals surface area (Å²) in [6, 6.07) is 8.54. The average molecular weight is 421 g/mol. The van der Waals surface area contributed by atoms with Gasteiger partial charge >= 0.3 is 0 Å². The molecular formula is C23H40N4O3. The number of guanidine groups is 1. The number of ether oxygens (including phenoxy) is 3. The molecular weight excluding hydrogens is 380 g/mol. The van der Waals surface area contributed by atoms with Crippen LogP contribution in [-0.4, -0.2) is 77.1 Å². The van der Waals surface area contributed by atoms with Gasteiger partial charge in [-0.3, -0.25) is 9.89 Å². The zero-order valence-corrected chi connectivity index (χ0v) is 19.0. The van der Waals surface area contributed by atoms with Crippen molar-refractivity contribution in [3.63, 3.8) is 0 Å². The van der Waals surface area contributed by atoms with Crippen molar-refractivity contribution in [2.75, 3.05) is 66.3 Å². The van der Waals surface area contributed by atoms with Crippen molar-refractivity contribution < 1.29 is 14.2 Å². The highest BCUT2D eigenvalue weighted by Gasteiger charge is 2.22. The fraction of sp³-hybridized carbons (Fsp3) is 0.696. The van der Waals surface area contributed by atoms with Gasteiger partial charge in [0, 0.05) is 39.4 Å². The van der Waals surface area contributed by atoms with Crippen molar-refractivity contribution in [2.24, 2.45) is 4.99 Å². The molecule has 0 aliphatic carbocycles. The summed E-state index contributed by atoms with van der Waals surface area (Å²) < 4.78 is 16.5. The quantitative estimate of drug-likeness (QED) is 0.291. The molecule has 7 nitrogen and oxygen atoms in total. The SMILES string of the molecule is CCCCOCCCNC(=NCC(c1ccc(OC)cc1)N1CCOCC1)NCC. The lowest BCUT2D eigenvalue weighted by molar-refractivity contribution is 0.0179. The van der Waals surface area contributed by atoms with E-state index in [2.05, 4.69) is 41.5 Å². The van der Waals surface area contributed by atoms with Gasteiger partial charge in [0.2, 0.25) is 0 Å². The number of nitrogens with one attached hydrogen (secondary N) is 2. The molecule has 1 unspecified atom stereocenters. The van der Waals surface area contributed by atoms with Gasteiger partial charge in [-0.1, -0.05) is 25.5 Å². The Kier molecular flexibility index (Phi) is 12.3. The summed E-state index contributed by atoms with van der Waals surface area (Å²) in [5.41, 5.74) is 1.25. The minimum absolute atomic E-state index is 0.215. The molecule has 1 aromatic carbocycles. The summed E-state index contributed by atoms with van der Waals surface area (Å²) >= 11 is 0. The minimum Gasteiger partial charge on any atom is -0.497 e. The van der Waals surface area contributed by atoms with Gasteiger partial charge in [0.1, 0.15) is 5.75 Å². The highest BCUT2D eigenvalue weighted by atomic mass is 16.5. The monoisotopic (exact) mass is 420 g/mol. The maximum absolute atomic E-state index is 5.64. The number of rotatable bonds is 13. The highest BCUT2D eigenvalue weighted by molar-refractivity contribution is 5.79. The number of hydrogen-bond donors (Lipinski definition) is 2. The Morgan fingerprint density at radius 1 is 1.10 bits per heavy atom. The van der Waals surface area contributed by atoms with Crippen molar-refractivity contribution in [3.05, 3.63) is 29.8 Å². The highest BCUT2D eigenvalue weighted by Crippen LogP contribution is 2.24. The molecule has 1 atom stereocenters. The van der Waals surface area contributed by atoms with E-state index in [1.807, 2.05) is 12.1 Å². The van der Waals surface area contributed by atoms with Crippen LogP contribution in [0.1, 0.15) is 44.7 Å². The van der Waals surface area contributed by atoms with Gasteiger partial charge in [0.15, 0.2) is 5.96 Å². The van der Waals surface area contributed by atoms with Crippen LogP contribution in [0.25, 0.3) is 0 Å². The van der Waals surface area contributed by atoms with E-state index in [-0.39, 0.29) is 6.04 Å². The third-order valence-corrected chi connectivity index (χ3v) is 5.15. The van der Waals surface area contributed by atoms with Crippen LogP contribution in [-0.2, 0) is 9.47 Å². The van der Waals surface area contributed by atoms with Crippen molar-refractivity contribution in [1.29, 1.82) is 0 Å². The summed E-state index contributed by atoms with van der Waals surface area (Å²) in [4.78, 5) is 7.35. The lowest BCUT2D eigenvalue weighted by atomic mass is 10.0. The Hall–Kier alpha value is -1.83. The van der Waals surface area contributed by atoms with Gasteiger partial charge < -0.3 is 24.8 Å². The molecule has 1 aliphatic rings. The van der Waals surface area contributed by atoms with Gasteiger partial charge in [-0.25, -0.2) is 0 Å². The number of nitrogens with zero attached hydrogens (tertiary/aromatic N) is 2. The van der Waals surface area contributed by atoms with Crippen molar-refractivity contribution >= 4 is 5.96 Å². The maximum atomic E-state index is 5.64. The fourth-order valence-electron chi connectivity index (χ4n) is 3.40. The number of unbranched alkanes of at least 4 members (excludes halogenated alkanes) is 1. The summed E-state index contributed by atoms with van der Waals surface area (Å²) in [6.07, 6.45) is 3.28. The minimum atomic E-state index is 0.215. The summed E-state index contributed by atoms with van der Waals surface area (Å²) in [7, 11) is 1.70. The smallest absolute Gasteiger partial charge is 0.191 e. The number of aliphatic imine (C=N–C) groups is 1. The van der Waals surface area contributed by atoms with Crippen molar-refractivity contribution in [1.82, 2.24) is 15.5 Å². The van der Waals surface area contributed by atoms with Crippen LogP contribution in [0.3, 0.4) is 0 Å². The molecule has 1 fully saturated rings. The predicted molar refractivity (Wildman–Crippen MR) is 122 cm³/mol. The number of hydrogen-bond acceptors (Lipinski definition) is 5. The van der Waals surface area contributed by atoms with Gasteiger partial charge in [-0.05, 0) is 37.5 Å². The van der Waals surface area contributed by atoms with Crippen LogP contribution in [0.5, 0.6) is 5.75 Å². The molecule has 170 valence electrons. The Morgan fingerprint density at radius 2 is 1.83 bits per heavy atom. The first kappa shape index (κ1) is 24.4. The fourth-order valence-corrected chi connectivity index (χ4v) is 3.40. The van der Waals surface area contributed by atoms with E-state index in [4.69, 9.17) is 19.2 Å². The van der Waals surface area contributed by atoms with Crippen LogP contribution < -0.4 is 15.4 Å². The Balaban J connectivity index is 1.95. The number of methoxy groups -OCH3 is 1. The Labute approximate surface area is 182 Å². The van der Waals surface area contributed by atoms with Crippen molar-refractivity contribution in [2.45, 2.75) is 39.2 Å². The van der Waals surface area contributed by atoms with E-state index in [1.54, 1.807) is 7.11 Å². The molecule has 2 rings (SSSR count). The molecule has 30 heavy (non-hydrogen) atoms. The van der Waals surface area contributed by atoms with Crippen LogP contribution in [0.4, 0.5) is 0 Å². The number of benzene rings is 1. The second-order valence-corrected chi connectivity index (χ2v) is 7.40. The molecule has 0 aromatic heterocycles. The zero-order chi connectivity index (χ0) is 21.4. The van der Waals surface area contributed by atoms with E-state index in [0.29, 0.717) is 6.54 Å². The normalized spacial score (nSPS) is 16.3. The first-order valence-corrected chi connectivity index (χ1v) is 11.3. The van der Waals surface area contributed by atoms with E-state index < -0.39 is 0 Å². The topological polar surface area (TPSA) is 67.3 Å². The zero-order valence-electron chi connectivity index (χ0n) is 19.0. The Bertz CT molecular complexity index is 589. The molecule has 0 radical (unpaired) electrons. The van der Waals surface area contributed by atoms with Crippen LogP contribution >= 0.6 is 0 Å². The van der Waals surface area contributed by atoms with Gasteiger partial charge in [0.05, 0.1) is 32.9 Å². The van der Waals surface area contributed by atoms with Crippen LogP contribution in [0, 0.1) is 0 Å². The maximum Gasteiger partial charge on any atom is 0.191 e. The average Bonchev–Trinajstić information content (AvgIpc) is 2.79. The predicted octanol–water partition coefficient (Wildman–Crippen LogP) is 2.83. The second-order valence-electron chi connectivity index (χ2n) is 7.40. The molecule has 7 heteroatoms. The molecule has 0 amide bonds. The second kappa shape index (κ2) is 15.0. The molecule has 1 aromatic rings. The lowest BCUT2D eigenvalue weighted by Gasteiger charge is -2.34. The molecule has 1 heterocycles. The van der Waals surface area contributed by atoms with Gasteiger partial charge in [-0.2, -0.15) is 0 Å². The lowest BCUT2D eigenvalue weighted by Crippen LogP contribution is -2.42. The van der Waals surface area contributed by atoms with E-state index in [0.717, 1.165) is 77.2 Å². The van der Waals surface area contributed by atoms with Crippen LogP contribution in [0.15, 0.2) is 29.3 Å². The first-order chi connectivity index (χ1) is 14.8. The molecule has 2 N–H and O–H groups in total. The molecule has 0 spiro atoms. The molecule has 0 bridgehead atoms. The van der Waals surface area contributed by atoms with Gasteiger partial charge in [-0.15, -0.1) is 0 Å². The standard InChI is InChI=1S/C23H40N4O3/c1-4-6-15-29-16-7-12-25-23(24-5-2)26-19-22(27-13-17-30-18-14-27)20-8-10-21(28-3)11-9-20/h8-11,22H,4-7,12-19H2,1-3H3,(H2,24,25,26). The molecule has 0 saturated carbocycles. The van der Waals surface area contributed by atoms with Crippen molar-refractivity contribution in [3.8, 4) is 5.75 Å². The Morgan fingerprint density at radius 3 is 2.50 bits per heavy atom. The van der Waals surface area contributed by atoms with E-state index in [1.165, 1.54) is 12.0 Å². The largest absolute Gasteiger partial charge is 0.497 e. The molecule has 1 aliphatic heterocycles. The first-order valence-electron chi connectivity index (χ1n) is 11.3. The number of morpholine rings is 1. The van der Waals surface area contributed by atoms with Gasteiger partial charge in [0.25, 0.3) is 0 Å². The third-order valence-electron chi connectivity index (χ3n) is 5.15. The summed E-state index contributed by atoms with van der Waals surface area (Å²) in [5, 5.41) is 6.79. The van der Waals surface area contributed by atoms with E-state index in [9.17, 15) is 0 Å².